The quantitative estimate of drug-likeness (QED) is 0.739. The number of hydrogen-bond donors (Lipinski definition) is 0. The van der Waals surface area contributed by atoms with Crippen LogP contribution in [0.3, 0.4) is 0 Å². The smallest absolute Gasteiger partial charge is 0.243 e. The number of sulfonamides is 1. The van der Waals surface area contributed by atoms with Gasteiger partial charge in [0.1, 0.15) is 5.75 Å². The highest BCUT2D eigenvalue weighted by molar-refractivity contribution is 7.89. The van der Waals surface area contributed by atoms with E-state index in [0.29, 0.717) is 42.2 Å². The van der Waals surface area contributed by atoms with Crippen LogP contribution < -0.4 is 4.74 Å². The van der Waals surface area contributed by atoms with Crippen molar-refractivity contribution in [2.75, 3.05) is 19.7 Å². The van der Waals surface area contributed by atoms with Gasteiger partial charge in [-0.3, -0.25) is 0 Å². The van der Waals surface area contributed by atoms with Crippen LogP contribution in [0.4, 0.5) is 0 Å². The van der Waals surface area contributed by atoms with Crippen molar-refractivity contribution in [2.24, 2.45) is 11.8 Å². The lowest BCUT2D eigenvalue weighted by molar-refractivity contribution is 0.332. The standard InChI is InChI=1S/C16H27NO3S/c1-6-20-15-7-9-16(10-8-15)21(18,19)17(11-13(2)3)12-14(4)5/h7-10,13-14H,6,11-12H2,1-5H3. The van der Waals surface area contributed by atoms with Crippen molar-refractivity contribution in [1.29, 1.82) is 0 Å². The van der Waals surface area contributed by atoms with E-state index in [9.17, 15) is 8.42 Å². The van der Waals surface area contributed by atoms with Crippen molar-refractivity contribution in [3.8, 4) is 5.75 Å². The molecule has 0 aliphatic carbocycles. The highest BCUT2D eigenvalue weighted by atomic mass is 32.2. The SMILES string of the molecule is CCOc1ccc(S(=O)(=O)N(CC(C)C)CC(C)C)cc1. The van der Waals surface area contributed by atoms with Crippen LogP contribution >= 0.6 is 0 Å². The van der Waals surface area contributed by atoms with Crippen molar-refractivity contribution in [2.45, 2.75) is 39.5 Å². The molecule has 0 aromatic heterocycles. The second kappa shape index (κ2) is 7.80. The summed E-state index contributed by atoms with van der Waals surface area (Å²) in [5.74, 6) is 1.28. The van der Waals surface area contributed by atoms with Gasteiger partial charge in [-0.05, 0) is 43.0 Å². The molecule has 0 spiro atoms. The van der Waals surface area contributed by atoms with Crippen LogP contribution in [0.2, 0.25) is 0 Å². The zero-order chi connectivity index (χ0) is 16.0. The van der Waals surface area contributed by atoms with E-state index in [2.05, 4.69) is 0 Å². The average molecular weight is 313 g/mol. The first kappa shape index (κ1) is 18.0. The van der Waals surface area contributed by atoms with E-state index in [1.54, 1.807) is 28.6 Å². The number of hydrogen-bond acceptors (Lipinski definition) is 3. The molecule has 0 amide bonds. The highest BCUT2D eigenvalue weighted by Gasteiger charge is 2.25. The van der Waals surface area contributed by atoms with E-state index in [0.717, 1.165) is 0 Å². The molecule has 5 heteroatoms. The van der Waals surface area contributed by atoms with Crippen LogP contribution in [0.25, 0.3) is 0 Å². The molecule has 0 saturated carbocycles. The van der Waals surface area contributed by atoms with Crippen molar-refractivity contribution < 1.29 is 13.2 Å². The predicted octanol–water partition coefficient (Wildman–Crippen LogP) is 3.39. The van der Waals surface area contributed by atoms with Crippen LogP contribution in [0, 0.1) is 11.8 Å². The normalized spacial score (nSPS) is 12.4. The molecule has 0 radical (unpaired) electrons. The maximum absolute atomic E-state index is 12.8. The molecule has 0 heterocycles. The fourth-order valence-electron chi connectivity index (χ4n) is 2.11. The molecular formula is C16H27NO3S. The molecule has 1 rings (SSSR count). The minimum Gasteiger partial charge on any atom is -0.494 e. The Hall–Kier alpha value is -1.07. The Morgan fingerprint density at radius 2 is 1.48 bits per heavy atom. The third-order valence-electron chi connectivity index (χ3n) is 2.91. The zero-order valence-electron chi connectivity index (χ0n) is 13.7. The molecule has 1 aromatic rings. The zero-order valence-corrected chi connectivity index (χ0v) is 14.5. The Morgan fingerprint density at radius 1 is 1.00 bits per heavy atom. The van der Waals surface area contributed by atoms with Crippen molar-refractivity contribution in [1.82, 2.24) is 4.31 Å². The summed E-state index contributed by atoms with van der Waals surface area (Å²) in [6, 6.07) is 6.65. The van der Waals surface area contributed by atoms with Gasteiger partial charge in [0.15, 0.2) is 0 Å². The second-order valence-corrected chi connectivity index (χ2v) is 7.95. The summed E-state index contributed by atoms with van der Waals surface area (Å²) in [6.07, 6.45) is 0. The van der Waals surface area contributed by atoms with Crippen molar-refractivity contribution in [3.05, 3.63) is 24.3 Å². The molecular weight excluding hydrogens is 286 g/mol. The lowest BCUT2D eigenvalue weighted by atomic mass is 10.2. The molecule has 0 bridgehead atoms. The lowest BCUT2D eigenvalue weighted by Crippen LogP contribution is -2.37. The summed E-state index contributed by atoms with van der Waals surface area (Å²) in [4.78, 5) is 0.326. The third kappa shape index (κ3) is 5.32. The van der Waals surface area contributed by atoms with Crippen LogP contribution in [0.15, 0.2) is 29.2 Å². The van der Waals surface area contributed by atoms with E-state index >= 15 is 0 Å². The van der Waals surface area contributed by atoms with Crippen LogP contribution in [-0.2, 0) is 10.0 Å². The number of nitrogens with zero attached hydrogens (tertiary/aromatic N) is 1. The Bertz CT molecular complexity index is 511. The van der Waals surface area contributed by atoms with Crippen molar-refractivity contribution >= 4 is 10.0 Å². The first-order valence-corrected chi connectivity index (χ1v) is 8.94. The lowest BCUT2D eigenvalue weighted by Gasteiger charge is -2.25. The van der Waals surface area contributed by atoms with E-state index in [4.69, 9.17) is 4.74 Å². The Labute approximate surface area is 129 Å². The summed E-state index contributed by atoms with van der Waals surface area (Å²) in [5, 5.41) is 0. The molecule has 0 aliphatic rings. The Kier molecular flexibility index (Phi) is 6.68. The monoisotopic (exact) mass is 313 g/mol. The Morgan fingerprint density at radius 3 is 1.86 bits per heavy atom. The van der Waals surface area contributed by atoms with Crippen LogP contribution in [0.1, 0.15) is 34.6 Å². The summed E-state index contributed by atoms with van der Waals surface area (Å²) in [6.45, 7) is 11.7. The molecule has 1 aromatic carbocycles. The summed E-state index contributed by atoms with van der Waals surface area (Å²) in [5.41, 5.74) is 0. The molecule has 0 unspecified atom stereocenters. The molecule has 0 aliphatic heterocycles. The molecule has 21 heavy (non-hydrogen) atoms. The Balaban J connectivity index is 3.03. The number of benzene rings is 1. The van der Waals surface area contributed by atoms with Gasteiger partial charge in [0.25, 0.3) is 0 Å². The first-order chi connectivity index (χ1) is 9.77. The van der Waals surface area contributed by atoms with E-state index in [1.807, 2.05) is 34.6 Å². The number of rotatable bonds is 8. The van der Waals surface area contributed by atoms with Gasteiger partial charge >= 0.3 is 0 Å². The second-order valence-electron chi connectivity index (χ2n) is 6.01. The third-order valence-corrected chi connectivity index (χ3v) is 4.76. The molecule has 120 valence electrons. The van der Waals surface area contributed by atoms with Crippen LogP contribution in [-0.4, -0.2) is 32.4 Å². The first-order valence-electron chi connectivity index (χ1n) is 7.50. The topological polar surface area (TPSA) is 46.6 Å². The van der Waals surface area contributed by atoms with Crippen LogP contribution in [0.5, 0.6) is 5.75 Å². The average Bonchev–Trinajstić information content (AvgIpc) is 2.38. The fraction of sp³-hybridized carbons (Fsp3) is 0.625. The van der Waals surface area contributed by atoms with Crippen molar-refractivity contribution in [3.63, 3.8) is 0 Å². The predicted molar refractivity (Wildman–Crippen MR) is 86.0 cm³/mol. The summed E-state index contributed by atoms with van der Waals surface area (Å²) in [7, 11) is -3.45. The van der Waals surface area contributed by atoms with Gasteiger partial charge < -0.3 is 4.74 Å². The molecule has 0 fully saturated rings. The fourth-order valence-corrected chi connectivity index (χ4v) is 3.88. The maximum atomic E-state index is 12.8. The van der Waals surface area contributed by atoms with E-state index in [-0.39, 0.29) is 0 Å². The van der Waals surface area contributed by atoms with E-state index in [1.165, 1.54) is 0 Å². The largest absolute Gasteiger partial charge is 0.494 e. The van der Waals surface area contributed by atoms with Gasteiger partial charge in [-0.2, -0.15) is 4.31 Å². The minimum atomic E-state index is -3.45. The van der Waals surface area contributed by atoms with Gasteiger partial charge in [-0.1, -0.05) is 27.7 Å². The molecule has 0 atom stereocenters. The maximum Gasteiger partial charge on any atom is 0.243 e. The number of ether oxygens (including phenoxy) is 1. The highest BCUT2D eigenvalue weighted by Crippen LogP contribution is 2.21. The van der Waals surface area contributed by atoms with Gasteiger partial charge in [-0.15, -0.1) is 0 Å². The summed E-state index contributed by atoms with van der Waals surface area (Å²) >= 11 is 0. The van der Waals surface area contributed by atoms with Gasteiger partial charge in [0, 0.05) is 13.1 Å². The van der Waals surface area contributed by atoms with E-state index < -0.39 is 10.0 Å². The molecule has 0 saturated heterocycles. The summed E-state index contributed by atoms with van der Waals surface area (Å²) < 4.78 is 32.5. The molecule has 4 nitrogen and oxygen atoms in total. The molecule has 0 N–H and O–H groups in total. The minimum absolute atomic E-state index is 0.293. The van der Waals surface area contributed by atoms with Gasteiger partial charge in [-0.25, -0.2) is 8.42 Å². The van der Waals surface area contributed by atoms with Gasteiger partial charge in [0.05, 0.1) is 11.5 Å². The van der Waals surface area contributed by atoms with Gasteiger partial charge in [0.2, 0.25) is 10.0 Å².